The summed E-state index contributed by atoms with van der Waals surface area (Å²) in [6, 6.07) is 11.8. The average molecular weight is 500 g/mol. The molecule has 3 aromatic heterocycles. The third-order valence-electron chi connectivity index (χ3n) is 7.03. The van der Waals surface area contributed by atoms with Crippen molar-refractivity contribution in [2.24, 2.45) is 0 Å². The molecule has 0 unspecified atom stereocenters. The Labute approximate surface area is 219 Å². The first-order chi connectivity index (χ1) is 17.7. The zero-order valence-corrected chi connectivity index (χ0v) is 22.9. The van der Waals surface area contributed by atoms with Crippen LogP contribution in [0.15, 0.2) is 42.6 Å². The predicted molar refractivity (Wildman–Crippen MR) is 150 cm³/mol. The summed E-state index contributed by atoms with van der Waals surface area (Å²) in [7, 11) is 3.78. The molecule has 1 atom stereocenters. The molecule has 37 heavy (non-hydrogen) atoms. The van der Waals surface area contributed by atoms with E-state index in [1.807, 2.05) is 82.1 Å². The normalized spacial score (nSPS) is 12.1. The molecule has 4 aromatic rings. The number of nitrogens with zero attached hydrogens (tertiary/aromatic N) is 5. The van der Waals surface area contributed by atoms with Crippen molar-refractivity contribution in [2.75, 3.05) is 32.5 Å². The van der Waals surface area contributed by atoms with E-state index < -0.39 is 0 Å². The van der Waals surface area contributed by atoms with E-state index >= 15 is 0 Å². The fourth-order valence-corrected chi connectivity index (χ4v) is 4.62. The summed E-state index contributed by atoms with van der Waals surface area (Å²) in [5, 5.41) is 11.9. The van der Waals surface area contributed by atoms with Gasteiger partial charge in [0.1, 0.15) is 0 Å². The topological polar surface area (TPSA) is 88.0 Å². The SMILES string of the molecule is CCn1ncc([C@@H](C)N(C)C(=O)c2cc(-c3ccc(NCCNC)c(C)n3)nc3ccc(C)cc23)c1C. The van der Waals surface area contributed by atoms with Gasteiger partial charge in [-0.15, -0.1) is 0 Å². The largest absolute Gasteiger partial charge is 0.382 e. The van der Waals surface area contributed by atoms with Crippen LogP contribution in [-0.2, 0) is 6.54 Å². The van der Waals surface area contributed by atoms with E-state index in [4.69, 9.17) is 9.97 Å². The number of nitrogens with one attached hydrogen (secondary N) is 2. The van der Waals surface area contributed by atoms with Crippen LogP contribution in [0, 0.1) is 20.8 Å². The Balaban J connectivity index is 1.74. The molecule has 0 saturated carbocycles. The van der Waals surface area contributed by atoms with Crippen molar-refractivity contribution in [1.29, 1.82) is 0 Å². The van der Waals surface area contributed by atoms with Gasteiger partial charge in [0.15, 0.2) is 0 Å². The third kappa shape index (κ3) is 5.34. The van der Waals surface area contributed by atoms with E-state index in [2.05, 4.69) is 29.6 Å². The quantitative estimate of drug-likeness (QED) is 0.319. The molecule has 0 spiro atoms. The molecule has 0 saturated heterocycles. The van der Waals surface area contributed by atoms with Gasteiger partial charge in [0, 0.05) is 43.3 Å². The van der Waals surface area contributed by atoms with Crippen LogP contribution in [-0.4, -0.2) is 57.7 Å². The predicted octanol–water partition coefficient (Wildman–Crippen LogP) is 4.90. The second kappa shape index (κ2) is 11.1. The molecule has 1 aromatic carbocycles. The van der Waals surface area contributed by atoms with Crippen molar-refractivity contribution in [3.05, 3.63) is 70.7 Å². The van der Waals surface area contributed by atoms with Crippen LogP contribution in [0.25, 0.3) is 22.3 Å². The fourth-order valence-electron chi connectivity index (χ4n) is 4.62. The van der Waals surface area contributed by atoms with Crippen molar-refractivity contribution in [2.45, 2.75) is 47.2 Å². The number of rotatable bonds is 9. The lowest BCUT2D eigenvalue weighted by Gasteiger charge is -2.26. The van der Waals surface area contributed by atoms with Gasteiger partial charge >= 0.3 is 0 Å². The molecule has 0 fully saturated rings. The highest BCUT2D eigenvalue weighted by Crippen LogP contribution is 2.30. The van der Waals surface area contributed by atoms with Gasteiger partial charge in [-0.3, -0.25) is 9.48 Å². The van der Waals surface area contributed by atoms with E-state index in [1.54, 1.807) is 4.90 Å². The molecule has 0 radical (unpaired) electrons. The Morgan fingerprint density at radius 1 is 1.05 bits per heavy atom. The van der Waals surface area contributed by atoms with Crippen molar-refractivity contribution in [3.63, 3.8) is 0 Å². The lowest BCUT2D eigenvalue weighted by Crippen LogP contribution is -2.30. The summed E-state index contributed by atoms with van der Waals surface area (Å²) >= 11 is 0. The highest BCUT2D eigenvalue weighted by molar-refractivity contribution is 6.07. The maximum atomic E-state index is 14.0. The number of hydrogen-bond donors (Lipinski definition) is 2. The summed E-state index contributed by atoms with van der Waals surface area (Å²) in [5.74, 6) is -0.0579. The number of hydrogen-bond acceptors (Lipinski definition) is 6. The summed E-state index contributed by atoms with van der Waals surface area (Å²) in [6.07, 6.45) is 1.87. The van der Waals surface area contributed by atoms with E-state index in [1.165, 1.54) is 0 Å². The lowest BCUT2D eigenvalue weighted by atomic mass is 10.0. The van der Waals surface area contributed by atoms with Crippen LogP contribution in [0.4, 0.5) is 5.69 Å². The van der Waals surface area contributed by atoms with Crippen LogP contribution in [0.5, 0.6) is 0 Å². The van der Waals surface area contributed by atoms with Crippen molar-refractivity contribution >= 4 is 22.5 Å². The molecule has 3 heterocycles. The van der Waals surface area contributed by atoms with Crippen molar-refractivity contribution in [1.82, 2.24) is 30.0 Å². The number of aromatic nitrogens is 4. The van der Waals surface area contributed by atoms with Crippen LogP contribution in [0.1, 0.15) is 52.8 Å². The number of benzene rings is 1. The Morgan fingerprint density at radius 3 is 2.51 bits per heavy atom. The standard InChI is InChI=1S/C29H37N7O/c1-8-36-21(5)24(17-32-36)20(4)35(7)29(37)23-16-28(34-26-10-9-18(2)15-22(23)26)27-12-11-25(19(3)33-27)31-14-13-30-6/h9-12,15-17,20,30-31H,8,13-14H2,1-7H3/t20-/m1/s1. The maximum Gasteiger partial charge on any atom is 0.254 e. The molecule has 4 rings (SSSR count). The summed E-state index contributed by atoms with van der Waals surface area (Å²) in [5.41, 5.74) is 7.90. The smallest absolute Gasteiger partial charge is 0.254 e. The highest BCUT2D eigenvalue weighted by atomic mass is 16.2. The number of amides is 1. The molecule has 2 N–H and O–H groups in total. The fraction of sp³-hybridized carbons (Fsp3) is 0.379. The average Bonchev–Trinajstić information content (AvgIpc) is 3.27. The van der Waals surface area contributed by atoms with Gasteiger partial charge in [-0.1, -0.05) is 11.6 Å². The first-order valence-electron chi connectivity index (χ1n) is 12.8. The Bertz CT molecular complexity index is 1430. The minimum absolute atomic E-state index is 0.0579. The van der Waals surface area contributed by atoms with Gasteiger partial charge in [-0.05, 0) is 72.0 Å². The van der Waals surface area contributed by atoms with Crippen LogP contribution in [0.3, 0.4) is 0 Å². The molecule has 194 valence electrons. The number of fused-ring (bicyclic) bond motifs is 1. The Hall–Kier alpha value is -3.78. The highest BCUT2D eigenvalue weighted by Gasteiger charge is 2.25. The van der Waals surface area contributed by atoms with E-state index in [0.717, 1.165) is 64.4 Å². The number of carbonyl (C=O) groups excluding carboxylic acids is 1. The van der Waals surface area contributed by atoms with Gasteiger partial charge < -0.3 is 15.5 Å². The Morgan fingerprint density at radius 2 is 1.84 bits per heavy atom. The maximum absolute atomic E-state index is 14.0. The molecule has 0 bridgehead atoms. The molecule has 1 amide bonds. The Kier molecular flexibility index (Phi) is 7.88. The van der Waals surface area contributed by atoms with Crippen LogP contribution in [0.2, 0.25) is 0 Å². The molecule has 0 aliphatic rings. The number of carbonyl (C=O) groups is 1. The summed E-state index contributed by atoms with van der Waals surface area (Å²) < 4.78 is 1.96. The lowest BCUT2D eigenvalue weighted by molar-refractivity contribution is 0.0744. The second-order valence-corrected chi connectivity index (χ2v) is 9.53. The molecule has 0 aliphatic heterocycles. The second-order valence-electron chi connectivity index (χ2n) is 9.53. The first-order valence-corrected chi connectivity index (χ1v) is 12.8. The van der Waals surface area contributed by atoms with Crippen molar-refractivity contribution < 1.29 is 4.79 Å². The van der Waals surface area contributed by atoms with Gasteiger partial charge in [0.2, 0.25) is 0 Å². The number of anilines is 1. The van der Waals surface area contributed by atoms with E-state index in [0.29, 0.717) is 11.3 Å². The first kappa shape index (κ1) is 26.3. The zero-order chi connectivity index (χ0) is 26.7. The van der Waals surface area contributed by atoms with Gasteiger partial charge in [-0.25, -0.2) is 9.97 Å². The van der Waals surface area contributed by atoms with Crippen LogP contribution < -0.4 is 10.6 Å². The van der Waals surface area contributed by atoms with Gasteiger partial charge in [0.05, 0.1) is 46.1 Å². The minimum atomic E-state index is -0.132. The number of aryl methyl sites for hydroxylation is 3. The zero-order valence-electron chi connectivity index (χ0n) is 22.9. The van der Waals surface area contributed by atoms with Gasteiger partial charge in [0.25, 0.3) is 5.91 Å². The molecule has 8 nitrogen and oxygen atoms in total. The number of pyridine rings is 2. The van der Waals surface area contributed by atoms with E-state index in [9.17, 15) is 4.79 Å². The molecular formula is C29H37N7O. The molecule has 8 heteroatoms. The van der Waals surface area contributed by atoms with Crippen molar-refractivity contribution in [3.8, 4) is 11.4 Å². The van der Waals surface area contributed by atoms with E-state index in [-0.39, 0.29) is 11.9 Å². The summed E-state index contributed by atoms with van der Waals surface area (Å²) in [6.45, 7) is 12.6. The third-order valence-corrected chi connectivity index (χ3v) is 7.03. The van der Waals surface area contributed by atoms with Crippen LogP contribution >= 0.6 is 0 Å². The monoisotopic (exact) mass is 499 g/mol. The number of likely N-dealkylation sites (N-methyl/N-ethyl adjacent to an activating group) is 1. The minimum Gasteiger partial charge on any atom is -0.382 e. The summed E-state index contributed by atoms with van der Waals surface area (Å²) in [4.78, 5) is 25.5. The van der Waals surface area contributed by atoms with Gasteiger partial charge in [-0.2, -0.15) is 5.10 Å². The molecular weight excluding hydrogens is 462 g/mol. The molecule has 0 aliphatic carbocycles.